The molecule has 0 fully saturated rings. The zero-order valence-corrected chi connectivity index (χ0v) is 28.1. The summed E-state index contributed by atoms with van der Waals surface area (Å²) in [6.45, 7) is 7.47. The van der Waals surface area contributed by atoms with E-state index >= 15 is 0 Å². The summed E-state index contributed by atoms with van der Waals surface area (Å²) in [7, 11) is 4.25. The van der Waals surface area contributed by atoms with Crippen LogP contribution in [0.15, 0.2) is 12.2 Å². The summed E-state index contributed by atoms with van der Waals surface area (Å²) in [5.74, 6) is -0.780. The lowest BCUT2D eigenvalue weighted by Gasteiger charge is -2.38. The standard InChI is InChI=1S/C35H69N3O4/c1-5-7-9-11-13-19-25-32(24-18-10-8-6-2)33(26-20-15-16-22-28-35(41)42)38(36-29-31-37(3)4)30-23-17-12-14-21-27-34(39)40/h13,19,32-33,36H,5-12,14-18,20-31H2,1-4H3,(H,39,40)(H,41,42)/b19-13-. The molecule has 0 aromatic heterocycles. The van der Waals surface area contributed by atoms with E-state index in [4.69, 9.17) is 10.2 Å². The number of hydrogen-bond acceptors (Lipinski definition) is 5. The number of nitrogens with one attached hydrogen (secondary N) is 1. The molecule has 248 valence electrons. The lowest BCUT2D eigenvalue weighted by atomic mass is 9.86. The van der Waals surface area contributed by atoms with Gasteiger partial charge in [-0.1, -0.05) is 103 Å². The van der Waals surface area contributed by atoms with Gasteiger partial charge in [0.2, 0.25) is 0 Å². The number of hydrogen-bond donors (Lipinski definition) is 3. The monoisotopic (exact) mass is 596 g/mol. The van der Waals surface area contributed by atoms with E-state index < -0.39 is 11.9 Å². The molecule has 42 heavy (non-hydrogen) atoms. The van der Waals surface area contributed by atoms with Gasteiger partial charge < -0.3 is 15.1 Å². The fraction of sp³-hybridized carbons (Fsp3) is 0.886. The van der Waals surface area contributed by atoms with Crippen molar-refractivity contribution >= 4 is 11.9 Å². The van der Waals surface area contributed by atoms with Crippen molar-refractivity contribution in [2.45, 2.75) is 161 Å². The van der Waals surface area contributed by atoms with Crippen molar-refractivity contribution in [2.75, 3.05) is 33.7 Å². The summed E-state index contributed by atoms with van der Waals surface area (Å²) < 4.78 is 0. The van der Waals surface area contributed by atoms with Crippen molar-refractivity contribution in [1.82, 2.24) is 15.3 Å². The van der Waals surface area contributed by atoms with Gasteiger partial charge in [0.25, 0.3) is 0 Å². The quantitative estimate of drug-likeness (QED) is 0.0407. The van der Waals surface area contributed by atoms with Crippen LogP contribution in [0.5, 0.6) is 0 Å². The predicted octanol–water partition coefficient (Wildman–Crippen LogP) is 8.69. The molecule has 0 aliphatic heterocycles. The second-order valence-electron chi connectivity index (χ2n) is 12.5. The van der Waals surface area contributed by atoms with E-state index in [2.05, 4.69) is 55.4 Å². The van der Waals surface area contributed by atoms with E-state index in [1.165, 1.54) is 57.8 Å². The Morgan fingerprint density at radius 2 is 1.21 bits per heavy atom. The molecule has 0 aliphatic carbocycles. The molecule has 0 saturated heterocycles. The van der Waals surface area contributed by atoms with Crippen LogP contribution in [0.25, 0.3) is 0 Å². The minimum absolute atomic E-state index is 0.275. The molecule has 0 aromatic carbocycles. The van der Waals surface area contributed by atoms with Gasteiger partial charge in [-0.15, -0.1) is 0 Å². The number of nitrogens with zero attached hydrogens (tertiary/aromatic N) is 2. The molecule has 2 unspecified atom stereocenters. The summed E-state index contributed by atoms with van der Waals surface area (Å²) in [5, 5.41) is 20.5. The molecule has 2 atom stereocenters. The zero-order chi connectivity index (χ0) is 31.3. The van der Waals surface area contributed by atoms with Crippen LogP contribution < -0.4 is 5.43 Å². The van der Waals surface area contributed by atoms with Crippen LogP contribution in [-0.2, 0) is 9.59 Å². The van der Waals surface area contributed by atoms with Crippen LogP contribution in [0.1, 0.15) is 155 Å². The molecular formula is C35H69N3O4. The normalized spacial score (nSPS) is 13.4. The Morgan fingerprint density at radius 1 is 0.667 bits per heavy atom. The van der Waals surface area contributed by atoms with Gasteiger partial charge in [-0.05, 0) is 71.4 Å². The van der Waals surface area contributed by atoms with Crippen LogP contribution in [0, 0.1) is 5.92 Å². The molecule has 7 nitrogen and oxygen atoms in total. The SMILES string of the molecule is CCCCC/C=C\CC(CCCCCC)C(CCCCCCC(=O)O)N(CCCCCCCC(=O)O)NCCN(C)C. The molecule has 0 bridgehead atoms. The van der Waals surface area contributed by atoms with Crippen LogP contribution in [0.4, 0.5) is 0 Å². The Balaban J connectivity index is 5.55. The minimum Gasteiger partial charge on any atom is -0.481 e. The fourth-order valence-corrected chi connectivity index (χ4v) is 5.70. The Morgan fingerprint density at radius 3 is 1.83 bits per heavy atom. The molecule has 0 saturated carbocycles. The van der Waals surface area contributed by atoms with Gasteiger partial charge in [0.05, 0.1) is 0 Å². The first-order valence-electron chi connectivity index (χ1n) is 17.5. The smallest absolute Gasteiger partial charge is 0.303 e. The average molecular weight is 596 g/mol. The summed E-state index contributed by atoms with van der Waals surface area (Å²) in [6.07, 6.45) is 28.2. The van der Waals surface area contributed by atoms with Crippen molar-refractivity contribution < 1.29 is 19.8 Å². The van der Waals surface area contributed by atoms with E-state index in [0.717, 1.165) is 90.3 Å². The highest BCUT2D eigenvalue weighted by molar-refractivity contribution is 5.66. The zero-order valence-electron chi connectivity index (χ0n) is 28.1. The Kier molecular flexibility index (Phi) is 28.6. The van der Waals surface area contributed by atoms with Gasteiger partial charge in [0.15, 0.2) is 0 Å². The first kappa shape index (κ1) is 40.6. The highest BCUT2D eigenvalue weighted by Crippen LogP contribution is 2.27. The third-order valence-electron chi connectivity index (χ3n) is 8.26. The molecule has 0 heterocycles. The second-order valence-corrected chi connectivity index (χ2v) is 12.5. The number of carboxylic acids is 2. The maximum Gasteiger partial charge on any atom is 0.303 e. The maximum absolute atomic E-state index is 11.0. The Labute approximate surface area is 259 Å². The van der Waals surface area contributed by atoms with Gasteiger partial charge in [-0.25, -0.2) is 5.01 Å². The van der Waals surface area contributed by atoms with E-state index in [9.17, 15) is 9.59 Å². The van der Waals surface area contributed by atoms with E-state index in [1.807, 2.05) is 0 Å². The maximum atomic E-state index is 11.0. The van der Waals surface area contributed by atoms with Crippen molar-refractivity contribution in [2.24, 2.45) is 5.92 Å². The summed E-state index contributed by atoms with van der Waals surface area (Å²) >= 11 is 0. The summed E-state index contributed by atoms with van der Waals surface area (Å²) in [6, 6.07) is 0.459. The van der Waals surface area contributed by atoms with E-state index in [-0.39, 0.29) is 12.8 Å². The Bertz CT molecular complexity index is 656. The number of hydrazine groups is 1. The molecule has 0 amide bonds. The van der Waals surface area contributed by atoms with Crippen LogP contribution in [0.3, 0.4) is 0 Å². The average Bonchev–Trinajstić information content (AvgIpc) is 2.94. The topological polar surface area (TPSA) is 93.1 Å². The number of carboxylic acid groups (broad SMARTS) is 2. The number of unbranched alkanes of at least 4 members (excludes halogenated alkanes) is 13. The molecule has 0 spiro atoms. The van der Waals surface area contributed by atoms with Crippen LogP contribution in [0.2, 0.25) is 0 Å². The number of aliphatic carboxylic acids is 2. The predicted molar refractivity (Wildman–Crippen MR) is 178 cm³/mol. The first-order valence-corrected chi connectivity index (χ1v) is 17.5. The van der Waals surface area contributed by atoms with Crippen molar-refractivity contribution in [1.29, 1.82) is 0 Å². The van der Waals surface area contributed by atoms with Gasteiger partial charge in [-0.3, -0.25) is 15.0 Å². The molecular weight excluding hydrogens is 526 g/mol. The van der Waals surface area contributed by atoms with Gasteiger partial charge in [0, 0.05) is 38.5 Å². The molecule has 0 aromatic rings. The minimum atomic E-state index is -0.693. The highest BCUT2D eigenvalue weighted by Gasteiger charge is 2.26. The largest absolute Gasteiger partial charge is 0.481 e. The van der Waals surface area contributed by atoms with Gasteiger partial charge in [-0.2, -0.15) is 0 Å². The first-order chi connectivity index (χ1) is 20.3. The molecule has 7 heteroatoms. The van der Waals surface area contributed by atoms with Crippen molar-refractivity contribution in [3.05, 3.63) is 12.2 Å². The van der Waals surface area contributed by atoms with E-state index in [1.54, 1.807) is 0 Å². The molecule has 3 N–H and O–H groups in total. The summed E-state index contributed by atoms with van der Waals surface area (Å²) in [5.41, 5.74) is 3.85. The summed E-state index contributed by atoms with van der Waals surface area (Å²) in [4.78, 5) is 24.0. The fourth-order valence-electron chi connectivity index (χ4n) is 5.70. The third-order valence-corrected chi connectivity index (χ3v) is 8.26. The highest BCUT2D eigenvalue weighted by atomic mass is 16.4. The Hall–Kier alpha value is -1.44. The van der Waals surface area contributed by atoms with Crippen LogP contribution in [-0.4, -0.2) is 71.8 Å². The number of carbonyl (C=O) groups is 2. The second kappa shape index (κ2) is 29.6. The molecule has 0 rings (SSSR count). The molecule has 0 aliphatic rings. The molecule has 0 radical (unpaired) electrons. The van der Waals surface area contributed by atoms with Crippen LogP contribution >= 0.6 is 0 Å². The van der Waals surface area contributed by atoms with Gasteiger partial charge >= 0.3 is 11.9 Å². The van der Waals surface area contributed by atoms with Gasteiger partial charge in [0.1, 0.15) is 0 Å². The number of likely N-dealkylation sites (N-methyl/N-ethyl adjacent to an activating group) is 1. The lowest BCUT2D eigenvalue weighted by molar-refractivity contribution is -0.138. The van der Waals surface area contributed by atoms with Crippen molar-refractivity contribution in [3.8, 4) is 0 Å². The third kappa shape index (κ3) is 26.2. The van der Waals surface area contributed by atoms with Crippen molar-refractivity contribution in [3.63, 3.8) is 0 Å². The van der Waals surface area contributed by atoms with E-state index in [0.29, 0.717) is 12.0 Å². The number of allylic oxidation sites excluding steroid dienone is 2. The lowest BCUT2D eigenvalue weighted by Crippen LogP contribution is -2.51. The number of rotatable bonds is 32.